The molecule has 63 heavy (non-hydrogen) atoms. The first-order chi connectivity index (χ1) is 30.1. The Morgan fingerprint density at radius 2 is 1.29 bits per heavy atom. The predicted molar refractivity (Wildman–Crippen MR) is 256 cm³/mol. The highest BCUT2D eigenvalue weighted by Crippen LogP contribution is 2.32. The summed E-state index contributed by atoms with van der Waals surface area (Å²) in [5.41, 5.74) is 1.85. The van der Waals surface area contributed by atoms with Crippen LogP contribution in [0, 0.1) is 5.82 Å². The van der Waals surface area contributed by atoms with Gasteiger partial charge in [-0.1, -0.05) is 106 Å². The average molecular weight is 891 g/mol. The van der Waals surface area contributed by atoms with Crippen LogP contribution in [0.5, 0.6) is 0 Å². The Morgan fingerprint density at radius 1 is 0.778 bits per heavy atom. The Labute approximate surface area is 376 Å². The molecule has 0 fully saturated rings. The number of carbonyl (C=O) groups is 2. The van der Waals surface area contributed by atoms with Crippen LogP contribution >= 0.6 is 0 Å². The standard InChI is InChI=1S/C49H71FN6O6S/c1-7-8-9-10-11-12-13-14-15-16-17-18-19-20-21-22-23-24-25-26-45(59)51-33-35-55(4)36-34-52-46(60)38-43(58)37-42(57)31-32-44-47(39(2)3)53-49(56(5)63(6,61)62)54-48(44)40-27-29-41(50)30-28-40/h8-9,11-12,14-15,17-18,20-21,23-24,27-32,39,42-43,57-58H,7,10,13,16,19,22,25-26,33-38H2,1-6H3,(H,51,59)(H,52,60)/b9-8-,12-11-,15-14-,18-17-,21-20-,24-23-,32-31+/t42-,43-/m1/s1. The minimum absolute atomic E-state index is 0.0143. The van der Waals surface area contributed by atoms with Crippen LogP contribution in [0.25, 0.3) is 17.3 Å². The molecule has 0 saturated carbocycles. The van der Waals surface area contributed by atoms with Crippen molar-refractivity contribution < 1.29 is 32.6 Å². The second-order valence-electron chi connectivity index (χ2n) is 15.5. The lowest BCUT2D eigenvalue weighted by Gasteiger charge is -2.20. The minimum Gasteiger partial charge on any atom is -0.392 e. The molecular weight excluding hydrogens is 820 g/mol. The average Bonchev–Trinajstić information content (AvgIpc) is 3.23. The molecule has 2 atom stereocenters. The van der Waals surface area contributed by atoms with Crippen molar-refractivity contribution in [2.24, 2.45) is 0 Å². The number of nitrogens with one attached hydrogen (secondary N) is 2. The van der Waals surface area contributed by atoms with E-state index >= 15 is 0 Å². The van der Waals surface area contributed by atoms with Gasteiger partial charge in [0.15, 0.2) is 0 Å². The van der Waals surface area contributed by atoms with E-state index < -0.39 is 28.0 Å². The number of halogens is 1. The van der Waals surface area contributed by atoms with Crippen molar-refractivity contribution in [3.8, 4) is 11.3 Å². The van der Waals surface area contributed by atoms with Crippen molar-refractivity contribution in [1.29, 1.82) is 0 Å². The van der Waals surface area contributed by atoms with Crippen LogP contribution in [0.2, 0.25) is 0 Å². The van der Waals surface area contributed by atoms with Gasteiger partial charge in [-0.2, -0.15) is 0 Å². The van der Waals surface area contributed by atoms with E-state index in [4.69, 9.17) is 0 Å². The number of carbonyl (C=O) groups excluding carboxylic acids is 2. The molecule has 0 unspecified atom stereocenters. The second-order valence-corrected chi connectivity index (χ2v) is 17.6. The first kappa shape index (κ1) is 54.1. The number of rotatable bonds is 30. The van der Waals surface area contributed by atoms with Crippen LogP contribution < -0.4 is 14.9 Å². The van der Waals surface area contributed by atoms with Crippen LogP contribution in [-0.2, 0) is 19.6 Å². The molecule has 4 N–H and O–H groups in total. The lowest BCUT2D eigenvalue weighted by atomic mass is 9.97. The third kappa shape index (κ3) is 23.9. The summed E-state index contributed by atoms with van der Waals surface area (Å²) in [5.74, 6) is -1.07. The molecule has 2 rings (SSSR count). The molecule has 0 aliphatic rings. The number of nitrogens with zero attached hydrogens (tertiary/aromatic N) is 4. The Balaban J connectivity index is 1.68. The molecule has 0 radical (unpaired) electrons. The van der Waals surface area contributed by atoms with Crippen LogP contribution in [0.15, 0.2) is 103 Å². The Hall–Kier alpha value is -5.02. The van der Waals surface area contributed by atoms with E-state index in [1.54, 1.807) is 6.08 Å². The zero-order valence-corrected chi connectivity index (χ0v) is 38.9. The molecule has 12 nitrogen and oxygen atoms in total. The quantitative estimate of drug-likeness (QED) is 0.0570. The number of benzene rings is 1. The van der Waals surface area contributed by atoms with Gasteiger partial charge in [-0.05, 0) is 82.2 Å². The lowest BCUT2D eigenvalue weighted by Crippen LogP contribution is -2.38. The van der Waals surface area contributed by atoms with E-state index in [0.29, 0.717) is 61.5 Å². The van der Waals surface area contributed by atoms with Gasteiger partial charge in [-0.3, -0.25) is 9.59 Å². The molecule has 0 spiro atoms. The SMILES string of the molecule is CC/C=C\C/C=C\C/C=C\C/C=C\C/C=C\C/C=C\CCC(=O)NCCN(C)CCNC(=O)C[C@H](O)C[C@H](O)/C=C/c1c(-c2ccc(F)cc2)nc(N(C)S(C)(=O)=O)nc1C(C)C. The first-order valence-corrected chi connectivity index (χ1v) is 23.7. The number of amides is 2. The molecule has 2 aromatic rings. The van der Waals surface area contributed by atoms with Crippen LogP contribution in [0.4, 0.5) is 10.3 Å². The molecule has 0 bridgehead atoms. The van der Waals surface area contributed by atoms with Gasteiger partial charge < -0.3 is 25.7 Å². The number of hydrogen-bond acceptors (Lipinski definition) is 9. The fourth-order valence-corrected chi connectivity index (χ4v) is 6.33. The number of aromatic nitrogens is 2. The summed E-state index contributed by atoms with van der Waals surface area (Å²) in [6.07, 6.45) is 34.1. The number of aliphatic hydroxyl groups excluding tert-OH is 2. The molecule has 14 heteroatoms. The van der Waals surface area contributed by atoms with Gasteiger partial charge in [0.1, 0.15) is 5.82 Å². The summed E-state index contributed by atoms with van der Waals surface area (Å²) in [6, 6.07) is 5.58. The van der Waals surface area contributed by atoms with Gasteiger partial charge in [-0.15, -0.1) is 0 Å². The molecular formula is C49H71FN6O6S. The summed E-state index contributed by atoms with van der Waals surface area (Å²) in [4.78, 5) is 35.8. The van der Waals surface area contributed by atoms with Crippen LogP contribution in [0.3, 0.4) is 0 Å². The zero-order valence-electron chi connectivity index (χ0n) is 38.1. The van der Waals surface area contributed by atoms with Crippen LogP contribution in [-0.4, -0.2) is 104 Å². The van der Waals surface area contributed by atoms with E-state index in [2.05, 4.69) is 94.4 Å². The normalized spacial score (nSPS) is 13.7. The number of sulfonamides is 1. The molecule has 1 heterocycles. The number of likely N-dealkylation sites (N-methyl/N-ethyl adjacent to an activating group) is 1. The molecule has 1 aromatic carbocycles. The summed E-state index contributed by atoms with van der Waals surface area (Å²) in [5, 5.41) is 27.1. The van der Waals surface area contributed by atoms with Crippen molar-refractivity contribution in [2.45, 2.75) is 103 Å². The number of hydrogen-bond donors (Lipinski definition) is 4. The predicted octanol–water partition coefficient (Wildman–Crippen LogP) is 7.96. The van der Waals surface area contributed by atoms with Crippen molar-refractivity contribution in [3.63, 3.8) is 0 Å². The van der Waals surface area contributed by atoms with Gasteiger partial charge in [0.05, 0.1) is 36.3 Å². The Kier molecular flexibility index (Phi) is 26.6. The summed E-state index contributed by atoms with van der Waals surface area (Å²) in [6.45, 7) is 7.86. The largest absolute Gasteiger partial charge is 0.392 e. The monoisotopic (exact) mass is 891 g/mol. The molecule has 2 amide bonds. The third-order valence-electron chi connectivity index (χ3n) is 9.59. The highest BCUT2D eigenvalue weighted by atomic mass is 32.2. The van der Waals surface area contributed by atoms with Crippen molar-refractivity contribution in [2.75, 3.05) is 50.8 Å². The highest BCUT2D eigenvalue weighted by molar-refractivity contribution is 7.92. The first-order valence-electron chi connectivity index (χ1n) is 21.9. The topological polar surface area (TPSA) is 165 Å². The van der Waals surface area contributed by atoms with E-state index in [1.165, 1.54) is 37.4 Å². The van der Waals surface area contributed by atoms with Crippen LogP contribution in [0.1, 0.15) is 102 Å². The molecule has 0 aliphatic heterocycles. The lowest BCUT2D eigenvalue weighted by molar-refractivity contribution is -0.123. The molecule has 1 aromatic heterocycles. The zero-order chi connectivity index (χ0) is 46.5. The van der Waals surface area contributed by atoms with Gasteiger partial charge in [0.2, 0.25) is 27.8 Å². The minimum atomic E-state index is -3.69. The summed E-state index contributed by atoms with van der Waals surface area (Å²) >= 11 is 0. The van der Waals surface area contributed by atoms with Crippen molar-refractivity contribution in [3.05, 3.63) is 120 Å². The van der Waals surface area contributed by atoms with Crippen molar-refractivity contribution >= 4 is 33.9 Å². The third-order valence-corrected chi connectivity index (χ3v) is 10.8. The van der Waals surface area contributed by atoms with Gasteiger partial charge in [0.25, 0.3) is 0 Å². The fraction of sp³-hybridized carbons (Fsp3) is 0.469. The van der Waals surface area contributed by atoms with Gasteiger partial charge >= 0.3 is 0 Å². The molecule has 346 valence electrons. The van der Waals surface area contributed by atoms with Crippen molar-refractivity contribution in [1.82, 2.24) is 25.5 Å². The summed E-state index contributed by atoms with van der Waals surface area (Å²) in [7, 11) is -0.452. The van der Waals surface area contributed by atoms with E-state index in [0.717, 1.165) is 49.1 Å². The Bertz CT molecular complexity index is 1990. The van der Waals surface area contributed by atoms with E-state index in [-0.39, 0.29) is 36.5 Å². The maximum Gasteiger partial charge on any atom is 0.239 e. The Morgan fingerprint density at radius 3 is 1.79 bits per heavy atom. The maximum absolute atomic E-state index is 13.8. The molecule has 0 saturated heterocycles. The second kappa shape index (κ2) is 30.9. The van der Waals surface area contributed by atoms with E-state index in [1.807, 2.05) is 31.9 Å². The fourth-order valence-electron chi connectivity index (χ4n) is 5.96. The number of aliphatic hydroxyl groups is 2. The maximum atomic E-state index is 13.8. The summed E-state index contributed by atoms with van der Waals surface area (Å²) < 4.78 is 39.4. The van der Waals surface area contributed by atoms with Gasteiger partial charge in [-0.25, -0.2) is 27.1 Å². The smallest absolute Gasteiger partial charge is 0.239 e. The molecule has 0 aliphatic carbocycles. The number of anilines is 1. The van der Waals surface area contributed by atoms with E-state index in [9.17, 15) is 32.6 Å². The highest BCUT2D eigenvalue weighted by Gasteiger charge is 2.23. The number of allylic oxidation sites excluding steroid dienone is 12. The van der Waals surface area contributed by atoms with Gasteiger partial charge in [0, 0.05) is 57.2 Å².